The molecule has 1 aromatic carbocycles. The maximum Gasteiger partial charge on any atom is 0.396 e. The Morgan fingerprint density at radius 1 is 1.08 bits per heavy atom. The van der Waals surface area contributed by atoms with Crippen LogP contribution in [-0.4, -0.2) is 68.6 Å². The average Bonchev–Trinajstić information content (AvgIpc) is 3.41. The van der Waals surface area contributed by atoms with Gasteiger partial charge < -0.3 is 14.0 Å². The predicted molar refractivity (Wildman–Crippen MR) is 113 cm³/mol. The standard InChI is InChI=1S/C21H22F4O10S2/c22-20(23,21(24,25)37(30,31)32)8-4-5-9-33-19(27)14-12-10-13-16(35-36(28,29)17(13)14)15(12)34-18(26)11-6-2-1-3-7-11/h1-3,6-7,12-17H,4-5,8-10H2,(H,30,31,32)/p-1. The normalized spacial score (nSPS) is 30.3. The van der Waals surface area contributed by atoms with E-state index < -0.39 is 104 Å². The number of hydrogen-bond donors (Lipinski definition) is 0. The van der Waals surface area contributed by atoms with Crippen molar-refractivity contribution in [1.82, 2.24) is 0 Å². The van der Waals surface area contributed by atoms with Gasteiger partial charge in [-0.2, -0.15) is 26.0 Å². The van der Waals surface area contributed by atoms with Crippen LogP contribution >= 0.6 is 0 Å². The summed E-state index contributed by atoms with van der Waals surface area (Å²) in [4.78, 5) is 25.3. The SMILES string of the molecule is O=C(OC1C2CC3C1OS(=O)(=O)C3C2C(=O)OCCCCC(F)(F)C(F)(F)S(=O)(=O)[O-])c1ccccc1. The van der Waals surface area contributed by atoms with Crippen LogP contribution in [0.2, 0.25) is 0 Å². The van der Waals surface area contributed by atoms with Crippen LogP contribution < -0.4 is 0 Å². The second kappa shape index (κ2) is 9.47. The number of halogens is 4. The van der Waals surface area contributed by atoms with Gasteiger partial charge in [-0.25, -0.2) is 13.2 Å². The van der Waals surface area contributed by atoms with Gasteiger partial charge in [0.2, 0.25) is 0 Å². The number of esters is 2. The molecule has 6 unspecified atom stereocenters. The van der Waals surface area contributed by atoms with Gasteiger partial charge in [-0.3, -0.25) is 8.98 Å². The predicted octanol–water partition coefficient (Wildman–Crippen LogP) is 2.06. The highest BCUT2D eigenvalue weighted by atomic mass is 32.2. The van der Waals surface area contributed by atoms with Gasteiger partial charge in [0.05, 0.1) is 18.1 Å². The number of carbonyl (C=O) groups is 2. The number of fused-ring (bicyclic) bond motifs is 1. The van der Waals surface area contributed by atoms with Crippen LogP contribution in [0.15, 0.2) is 30.3 Å². The molecule has 2 bridgehead atoms. The van der Waals surface area contributed by atoms with Gasteiger partial charge in [-0.1, -0.05) is 18.2 Å². The Hall–Kier alpha value is -2.30. The summed E-state index contributed by atoms with van der Waals surface area (Å²) in [6.45, 7) is -0.565. The number of carbonyl (C=O) groups excluding carboxylic acids is 2. The van der Waals surface area contributed by atoms with Crippen molar-refractivity contribution < 1.29 is 62.2 Å². The van der Waals surface area contributed by atoms with Crippen molar-refractivity contribution >= 4 is 32.2 Å². The van der Waals surface area contributed by atoms with E-state index in [2.05, 4.69) is 0 Å². The molecule has 0 spiro atoms. The number of ether oxygens (including phenoxy) is 2. The number of unbranched alkanes of at least 4 members (excludes halogenated alkanes) is 1. The summed E-state index contributed by atoms with van der Waals surface area (Å²) in [7, 11) is -10.8. The summed E-state index contributed by atoms with van der Waals surface area (Å²) in [6, 6.07) is 7.85. The zero-order chi connectivity index (χ0) is 27.4. The van der Waals surface area contributed by atoms with Crippen molar-refractivity contribution in [2.24, 2.45) is 17.8 Å². The van der Waals surface area contributed by atoms with Crippen LogP contribution in [0.5, 0.6) is 0 Å². The minimum Gasteiger partial charge on any atom is -0.743 e. The second-order valence-electron chi connectivity index (χ2n) is 9.14. The fourth-order valence-electron chi connectivity index (χ4n) is 5.27. The van der Waals surface area contributed by atoms with Crippen LogP contribution in [-0.2, 0) is 38.7 Å². The first-order chi connectivity index (χ1) is 17.1. The zero-order valence-electron chi connectivity index (χ0n) is 18.8. The molecule has 0 aromatic heterocycles. The lowest BCUT2D eigenvalue weighted by atomic mass is 9.84. The van der Waals surface area contributed by atoms with E-state index in [1.165, 1.54) is 12.1 Å². The van der Waals surface area contributed by atoms with E-state index >= 15 is 0 Å². The number of rotatable bonds is 10. The van der Waals surface area contributed by atoms with Crippen molar-refractivity contribution in [2.45, 2.75) is 54.3 Å². The third kappa shape index (κ3) is 4.83. The van der Waals surface area contributed by atoms with E-state index in [-0.39, 0.29) is 12.0 Å². The van der Waals surface area contributed by atoms with Gasteiger partial charge in [0.15, 0.2) is 10.1 Å². The Kier molecular flexibility index (Phi) is 7.09. The van der Waals surface area contributed by atoms with Crippen molar-refractivity contribution in [3.63, 3.8) is 0 Å². The lowest BCUT2D eigenvalue weighted by Gasteiger charge is -2.30. The van der Waals surface area contributed by atoms with Crippen molar-refractivity contribution in [2.75, 3.05) is 6.61 Å². The van der Waals surface area contributed by atoms with Crippen molar-refractivity contribution in [1.29, 1.82) is 0 Å². The molecule has 2 aliphatic carbocycles. The van der Waals surface area contributed by atoms with E-state index in [1.807, 2.05) is 0 Å². The first-order valence-electron chi connectivity index (χ1n) is 11.1. The maximum atomic E-state index is 13.5. The minimum atomic E-state index is -6.60. The lowest BCUT2D eigenvalue weighted by Crippen LogP contribution is -2.46. The van der Waals surface area contributed by atoms with Gasteiger partial charge in [0.1, 0.15) is 17.5 Å². The number of hydrogen-bond acceptors (Lipinski definition) is 10. The van der Waals surface area contributed by atoms with Gasteiger partial charge in [0.25, 0.3) is 10.1 Å². The topological polar surface area (TPSA) is 153 Å². The highest BCUT2D eigenvalue weighted by Crippen LogP contribution is 2.58. The summed E-state index contributed by atoms with van der Waals surface area (Å²) in [5, 5.41) is -7.05. The van der Waals surface area contributed by atoms with Crippen LogP contribution in [0.1, 0.15) is 36.0 Å². The molecule has 0 radical (unpaired) electrons. The van der Waals surface area contributed by atoms with E-state index in [0.717, 1.165) is 0 Å². The van der Waals surface area contributed by atoms with Crippen LogP contribution in [0.3, 0.4) is 0 Å². The molecule has 3 aliphatic rings. The molecule has 16 heteroatoms. The zero-order valence-corrected chi connectivity index (χ0v) is 20.4. The smallest absolute Gasteiger partial charge is 0.396 e. The lowest BCUT2D eigenvalue weighted by molar-refractivity contribution is -0.165. The Bertz CT molecular complexity index is 1270. The molecule has 2 saturated carbocycles. The summed E-state index contributed by atoms with van der Waals surface area (Å²) < 4.78 is 126. The third-order valence-electron chi connectivity index (χ3n) is 6.92. The number of benzene rings is 1. The van der Waals surface area contributed by atoms with Gasteiger partial charge in [-0.15, -0.1) is 0 Å². The van der Waals surface area contributed by atoms with Gasteiger partial charge in [0, 0.05) is 18.3 Å². The fourth-order valence-corrected chi connectivity index (χ4v) is 7.79. The Labute approximate surface area is 209 Å². The minimum absolute atomic E-state index is 0.200. The third-order valence-corrected chi connectivity index (χ3v) is 9.65. The molecule has 1 aromatic rings. The van der Waals surface area contributed by atoms with E-state index in [1.54, 1.807) is 18.2 Å². The Morgan fingerprint density at radius 2 is 1.73 bits per heavy atom. The van der Waals surface area contributed by atoms with Crippen molar-refractivity contribution in [3.05, 3.63) is 35.9 Å². The molecule has 0 amide bonds. The summed E-state index contributed by atoms with van der Waals surface area (Å²) in [5.41, 5.74) is 0.203. The van der Waals surface area contributed by atoms with Crippen molar-refractivity contribution in [3.8, 4) is 0 Å². The molecule has 1 heterocycles. The fraction of sp³-hybridized carbons (Fsp3) is 0.619. The average molecular weight is 574 g/mol. The molecular weight excluding hydrogens is 552 g/mol. The molecule has 3 fully saturated rings. The van der Waals surface area contributed by atoms with Crippen LogP contribution in [0.25, 0.3) is 0 Å². The van der Waals surface area contributed by atoms with Crippen LogP contribution in [0, 0.1) is 17.8 Å². The molecule has 37 heavy (non-hydrogen) atoms. The second-order valence-corrected chi connectivity index (χ2v) is 12.3. The highest BCUT2D eigenvalue weighted by molar-refractivity contribution is 7.87. The summed E-state index contributed by atoms with van der Waals surface area (Å²) in [6.07, 6.45) is -4.62. The molecular formula is C21H21F4O10S2-. The van der Waals surface area contributed by atoms with E-state index in [0.29, 0.717) is 0 Å². The monoisotopic (exact) mass is 573 g/mol. The molecule has 1 aliphatic heterocycles. The summed E-state index contributed by atoms with van der Waals surface area (Å²) in [5.74, 6) is -9.53. The molecule has 10 nitrogen and oxygen atoms in total. The van der Waals surface area contributed by atoms with Gasteiger partial charge >= 0.3 is 23.1 Å². The Morgan fingerprint density at radius 3 is 2.35 bits per heavy atom. The van der Waals surface area contributed by atoms with E-state index in [9.17, 15) is 48.5 Å². The van der Waals surface area contributed by atoms with Gasteiger partial charge in [-0.05, 0) is 31.4 Å². The first-order valence-corrected chi connectivity index (χ1v) is 14.0. The first kappa shape index (κ1) is 27.7. The maximum absolute atomic E-state index is 13.5. The molecule has 1 saturated heterocycles. The highest BCUT2D eigenvalue weighted by Gasteiger charge is 2.72. The molecule has 6 atom stereocenters. The molecule has 0 N–H and O–H groups in total. The van der Waals surface area contributed by atoms with E-state index in [4.69, 9.17) is 13.7 Å². The number of alkyl halides is 4. The molecule has 4 rings (SSSR count). The quantitative estimate of drug-likeness (QED) is 0.134. The largest absolute Gasteiger partial charge is 0.743 e. The summed E-state index contributed by atoms with van der Waals surface area (Å²) >= 11 is 0. The van der Waals surface area contributed by atoms with Crippen LogP contribution in [0.4, 0.5) is 17.6 Å². The molecule has 206 valence electrons. The Balaban J connectivity index is 1.37.